The summed E-state index contributed by atoms with van der Waals surface area (Å²) in [4.78, 5) is 53.0. The zero-order valence-corrected chi connectivity index (χ0v) is 18.7. The number of nitrogens with zero attached hydrogens (tertiary/aromatic N) is 2. The van der Waals surface area contributed by atoms with E-state index in [2.05, 4.69) is 0 Å². The first-order valence-electron chi connectivity index (χ1n) is 10.8. The van der Waals surface area contributed by atoms with Gasteiger partial charge >= 0.3 is 11.9 Å². The van der Waals surface area contributed by atoms with Crippen molar-refractivity contribution in [3.8, 4) is 0 Å². The Morgan fingerprint density at radius 2 is 1.78 bits per heavy atom. The zero-order chi connectivity index (χ0) is 23.5. The molecule has 2 amide bonds. The van der Waals surface area contributed by atoms with Crippen LogP contribution in [0.1, 0.15) is 46.5 Å². The maximum absolute atomic E-state index is 13.3. The number of aliphatic carboxylic acids is 1. The third-order valence-electron chi connectivity index (χ3n) is 5.36. The molecule has 2 heterocycles. The highest BCUT2D eigenvalue weighted by Crippen LogP contribution is 2.34. The Hall–Kier alpha value is -2.94. The number of benzene rings is 1. The summed E-state index contributed by atoms with van der Waals surface area (Å²) in [5.74, 6) is -2.80. The van der Waals surface area contributed by atoms with Gasteiger partial charge in [0.05, 0.1) is 24.4 Å². The van der Waals surface area contributed by atoms with E-state index in [0.717, 1.165) is 12.8 Å². The van der Waals surface area contributed by atoms with Crippen molar-refractivity contribution < 1.29 is 33.8 Å². The van der Waals surface area contributed by atoms with Crippen molar-refractivity contribution in [2.45, 2.75) is 58.7 Å². The topological polar surface area (TPSA) is 113 Å². The van der Waals surface area contributed by atoms with E-state index in [1.807, 2.05) is 20.8 Å². The van der Waals surface area contributed by atoms with Gasteiger partial charge in [0.2, 0.25) is 12.0 Å². The molecule has 9 heteroatoms. The predicted octanol–water partition coefficient (Wildman–Crippen LogP) is 2.37. The summed E-state index contributed by atoms with van der Waals surface area (Å²) in [6, 6.07) is 7.04. The Kier molecular flexibility index (Phi) is 7.18. The second kappa shape index (κ2) is 9.68. The van der Waals surface area contributed by atoms with Gasteiger partial charge in [-0.25, -0.2) is 4.79 Å². The molecule has 1 aromatic carbocycles. The average Bonchev–Trinajstić information content (AvgIpc) is 2.71. The third-order valence-corrected chi connectivity index (χ3v) is 5.36. The monoisotopic (exact) mass is 446 g/mol. The van der Waals surface area contributed by atoms with Crippen LogP contribution in [0.4, 0.5) is 11.4 Å². The SMILES string of the molecule is CC(C)(C)CC(=O)O[C@@H](C(=O)O)[C@H]1OCCN(c2ccccc2N2CCCCC2=O)C1=O. The van der Waals surface area contributed by atoms with Gasteiger partial charge in [-0.15, -0.1) is 0 Å². The largest absolute Gasteiger partial charge is 0.478 e. The molecule has 2 aliphatic heterocycles. The number of hydrogen-bond donors (Lipinski definition) is 1. The van der Waals surface area contributed by atoms with Crippen LogP contribution in [-0.2, 0) is 28.7 Å². The smallest absolute Gasteiger partial charge is 0.348 e. The number of carbonyl (C=O) groups excluding carboxylic acids is 3. The molecule has 2 aliphatic rings. The summed E-state index contributed by atoms with van der Waals surface area (Å²) in [5.41, 5.74) is 0.706. The van der Waals surface area contributed by atoms with Crippen LogP contribution in [0.15, 0.2) is 24.3 Å². The minimum Gasteiger partial charge on any atom is -0.478 e. The maximum atomic E-state index is 13.3. The van der Waals surface area contributed by atoms with Crippen molar-refractivity contribution in [1.29, 1.82) is 0 Å². The van der Waals surface area contributed by atoms with Crippen molar-refractivity contribution in [3.63, 3.8) is 0 Å². The van der Waals surface area contributed by atoms with E-state index < -0.39 is 35.5 Å². The first-order chi connectivity index (χ1) is 15.1. The quantitative estimate of drug-likeness (QED) is 0.668. The molecule has 0 aliphatic carbocycles. The Morgan fingerprint density at radius 3 is 2.38 bits per heavy atom. The molecule has 0 saturated carbocycles. The van der Waals surface area contributed by atoms with Gasteiger partial charge in [0.15, 0.2) is 6.10 Å². The number of esters is 1. The number of carbonyl (C=O) groups is 4. The zero-order valence-electron chi connectivity index (χ0n) is 18.7. The number of para-hydroxylation sites is 2. The van der Waals surface area contributed by atoms with Crippen molar-refractivity contribution in [2.75, 3.05) is 29.5 Å². The molecule has 3 rings (SSSR count). The van der Waals surface area contributed by atoms with E-state index >= 15 is 0 Å². The molecule has 0 bridgehead atoms. The van der Waals surface area contributed by atoms with Gasteiger partial charge in [-0.05, 0) is 30.4 Å². The molecule has 0 unspecified atom stereocenters. The molecule has 2 saturated heterocycles. The minimum atomic E-state index is -1.76. The van der Waals surface area contributed by atoms with Crippen molar-refractivity contribution in [1.82, 2.24) is 0 Å². The summed E-state index contributed by atoms with van der Waals surface area (Å²) < 4.78 is 10.6. The van der Waals surface area contributed by atoms with E-state index in [4.69, 9.17) is 9.47 Å². The Bertz CT molecular complexity index is 893. The molecule has 0 spiro atoms. The van der Waals surface area contributed by atoms with E-state index in [1.54, 1.807) is 29.2 Å². The van der Waals surface area contributed by atoms with Gasteiger partial charge in [-0.3, -0.25) is 14.4 Å². The minimum absolute atomic E-state index is 0.00130. The second-order valence-corrected chi connectivity index (χ2v) is 9.26. The Balaban J connectivity index is 1.85. The van der Waals surface area contributed by atoms with Crippen molar-refractivity contribution >= 4 is 35.1 Å². The highest BCUT2D eigenvalue weighted by atomic mass is 16.6. The third kappa shape index (κ3) is 5.45. The average molecular weight is 447 g/mol. The lowest BCUT2D eigenvalue weighted by molar-refractivity contribution is -0.179. The lowest BCUT2D eigenvalue weighted by atomic mass is 9.92. The van der Waals surface area contributed by atoms with Crippen LogP contribution in [0.3, 0.4) is 0 Å². The van der Waals surface area contributed by atoms with E-state index in [1.165, 1.54) is 4.90 Å². The molecular formula is C23H30N2O7. The molecule has 32 heavy (non-hydrogen) atoms. The van der Waals surface area contributed by atoms with Gasteiger partial charge in [-0.1, -0.05) is 32.9 Å². The van der Waals surface area contributed by atoms with Gasteiger partial charge in [0, 0.05) is 19.5 Å². The van der Waals surface area contributed by atoms with E-state index in [-0.39, 0.29) is 25.5 Å². The standard InChI is InChI=1S/C23H30N2O7/c1-23(2,3)14-18(27)32-20(22(29)30)19-21(28)25(12-13-31-19)16-9-5-4-8-15(16)24-11-7-6-10-17(24)26/h4-5,8-9,19-20H,6-7,10-14H2,1-3H3,(H,29,30)/t19-,20-/m1/s1. The Labute approximate surface area is 187 Å². The molecular weight excluding hydrogens is 416 g/mol. The van der Waals surface area contributed by atoms with Crippen LogP contribution in [0.25, 0.3) is 0 Å². The summed E-state index contributed by atoms with van der Waals surface area (Å²) >= 11 is 0. The molecule has 1 aromatic rings. The molecule has 2 fully saturated rings. The van der Waals surface area contributed by atoms with Crippen molar-refractivity contribution in [2.24, 2.45) is 5.41 Å². The highest BCUT2D eigenvalue weighted by Gasteiger charge is 2.44. The number of piperidine rings is 1. The Morgan fingerprint density at radius 1 is 1.12 bits per heavy atom. The lowest BCUT2D eigenvalue weighted by Gasteiger charge is -2.37. The molecule has 9 nitrogen and oxygen atoms in total. The van der Waals surface area contributed by atoms with Gasteiger partial charge in [-0.2, -0.15) is 0 Å². The number of carboxylic acids is 1. The number of anilines is 2. The van der Waals surface area contributed by atoms with Crippen LogP contribution >= 0.6 is 0 Å². The maximum Gasteiger partial charge on any atom is 0.348 e. The normalized spacial score (nSPS) is 20.8. The summed E-state index contributed by atoms with van der Waals surface area (Å²) in [7, 11) is 0. The number of ether oxygens (including phenoxy) is 2. The first kappa shape index (κ1) is 23.7. The number of hydrogen-bond acceptors (Lipinski definition) is 6. The van der Waals surface area contributed by atoms with E-state index in [9.17, 15) is 24.3 Å². The second-order valence-electron chi connectivity index (χ2n) is 9.26. The fraction of sp³-hybridized carbons (Fsp3) is 0.565. The number of amides is 2. The van der Waals surface area contributed by atoms with Crippen LogP contribution in [0.5, 0.6) is 0 Å². The van der Waals surface area contributed by atoms with Crippen molar-refractivity contribution in [3.05, 3.63) is 24.3 Å². The fourth-order valence-corrected chi connectivity index (χ4v) is 3.90. The van der Waals surface area contributed by atoms with E-state index in [0.29, 0.717) is 24.3 Å². The van der Waals surface area contributed by atoms with Crippen LogP contribution < -0.4 is 9.80 Å². The van der Waals surface area contributed by atoms with Gasteiger partial charge in [0.25, 0.3) is 5.91 Å². The molecule has 2 atom stereocenters. The number of rotatable bonds is 6. The molecule has 1 N–H and O–H groups in total. The summed E-state index contributed by atoms with van der Waals surface area (Å²) in [5, 5.41) is 9.66. The molecule has 0 radical (unpaired) electrons. The van der Waals surface area contributed by atoms with Crippen LogP contribution in [-0.4, -0.2) is 60.8 Å². The van der Waals surface area contributed by atoms with Crippen LogP contribution in [0.2, 0.25) is 0 Å². The number of carboxylic acid groups (broad SMARTS) is 1. The predicted molar refractivity (Wildman–Crippen MR) is 116 cm³/mol. The summed E-state index contributed by atoms with van der Waals surface area (Å²) in [6.07, 6.45) is -1.10. The lowest BCUT2D eigenvalue weighted by Crippen LogP contribution is -2.56. The van der Waals surface area contributed by atoms with Gasteiger partial charge in [0.1, 0.15) is 0 Å². The molecule has 174 valence electrons. The fourth-order valence-electron chi connectivity index (χ4n) is 3.90. The van der Waals surface area contributed by atoms with Crippen LogP contribution in [0, 0.1) is 5.41 Å². The highest BCUT2D eigenvalue weighted by molar-refractivity contribution is 6.05. The van der Waals surface area contributed by atoms with Gasteiger partial charge < -0.3 is 24.4 Å². The summed E-state index contributed by atoms with van der Waals surface area (Å²) in [6.45, 7) is 6.29. The molecule has 0 aromatic heterocycles. The number of morpholine rings is 1. The first-order valence-corrected chi connectivity index (χ1v) is 10.8.